The molecule has 3 aromatic rings. The Bertz CT molecular complexity index is 820. The zero-order valence-corrected chi connectivity index (χ0v) is 11.6. The number of nitrogens with zero attached hydrogens (tertiary/aromatic N) is 2. The van der Waals surface area contributed by atoms with E-state index in [1.807, 2.05) is 36.5 Å². The van der Waals surface area contributed by atoms with Crippen LogP contribution in [0.5, 0.6) is 0 Å². The molecule has 1 aromatic heterocycles. The molecule has 0 amide bonds. The average molecular weight is 282 g/mol. The summed E-state index contributed by atoms with van der Waals surface area (Å²) in [6, 6.07) is 14.1. The summed E-state index contributed by atoms with van der Waals surface area (Å²) in [6.45, 7) is 2.05. The van der Waals surface area contributed by atoms with Gasteiger partial charge in [-0.15, -0.1) is 0 Å². The molecule has 20 heavy (non-hydrogen) atoms. The number of halogens is 1. The van der Waals surface area contributed by atoms with Crippen LogP contribution in [0.1, 0.15) is 5.69 Å². The highest BCUT2D eigenvalue weighted by atomic mass is 35.5. The molecule has 2 heterocycles. The van der Waals surface area contributed by atoms with Crippen molar-refractivity contribution in [2.24, 2.45) is 0 Å². The van der Waals surface area contributed by atoms with Crippen molar-refractivity contribution in [1.82, 2.24) is 9.55 Å². The number of imidazole rings is 1. The Hall–Kier alpha value is -2.26. The predicted octanol–water partition coefficient (Wildman–Crippen LogP) is 4.56. The molecule has 1 aliphatic rings. The van der Waals surface area contributed by atoms with E-state index >= 15 is 0 Å². The first kappa shape index (κ1) is 11.6. The molecule has 1 N–H and O–H groups in total. The quantitative estimate of drug-likeness (QED) is 0.512. The van der Waals surface area contributed by atoms with Gasteiger partial charge in [0, 0.05) is 28.2 Å². The van der Waals surface area contributed by atoms with Crippen LogP contribution in [0.15, 0.2) is 48.7 Å². The van der Waals surface area contributed by atoms with Gasteiger partial charge in [0.1, 0.15) is 5.82 Å². The molecule has 2 aromatic carbocycles. The molecular formula is C16H12ClN3. The highest BCUT2D eigenvalue weighted by Crippen LogP contribution is 2.39. The summed E-state index contributed by atoms with van der Waals surface area (Å²) in [4.78, 5) is 4.57. The average Bonchev–Trinajstić information content (AvgIpc) is 2.76. The lowest BCUT2D eigenvalue weighted by molar-refractivity contribution is 1.02. The predicted molar refractivity (Wildman–Crippen MR) is 82.0 cm³/mol. The molecule has 0 saturated heterocycles. The minimum absolute atomic E-state index is 0.718. The Morgan fingerprint density at radius 3 is 2.85 bits per heavy atom. The maximum Gasteiger partial charge on any atom is 0.146 e. The van der Waals surface area contributed by atoms with Crippen LogP contribution in [-0.2, 0) is 0 Å². The highest BCUT2D eigenvalue weighted by molar-refractivity contribution is 6.30. The van der Waals surface area contributed by atoms with Crippen molar-refractivity contribution in [1.29, 1.82) is 0 Å². The number of aryl methyl sites for hydroxylation is 1. The van der Waals surface area contributed by atoms with Crippen LogP contribution in [0.3, 0.4) is 0 Å². The summed E-state index contributed by atoms with van der Waals surface area (Å²) >= 11 is 6.17. The van der Waals surface area contributed by atoms with Gasteiger partial charge in [0.15, 0.2) is 0 Å². The second kappa shape index (κ2) is 4.12. The second-order valence-electron chi connectivity index (χ2n) is 4.89. The topological polar surface area (TPSA) is 29.9 Å². The number of nitrogens with one attached hydrogen (secondary N) is 1. The molecule has 3 nitrogen and oxygen atoms in total. The first-order valence-electron chi connectivity index (χ1n) is 6.45. The molecule has 4 rings (SSSR count). The van der Waals surface area contributed by atoms with Crippen LogP contribution >= 0.6 is 11.6 Å². The standard InChI is InChI=1S/C16H12ClN3/c1-10-9-18-16-12-4-2-3-5-13(12)19-14-7-6-11(17)8-15(14)20(10)16/h2-9,19H,1H3. The molecule has 0 saturated carbocycles. The minimum atomic E-state index is 0.718. The summed E-state index contributed by atoms with van der Waals surface area (Å²) in [5, 5.41) is 4.19. The molecule has 0 aliphatic carbocycles. The fourth-order valence-corrected chi connectivity index (χ4v) is 2.83. The zero-order chi connectivity index (χ0) is 13.7. The fraction of sp³-hybridized carbons (Fsp3) is 0.0625. The van der Waals surface area contributed by atoms with Crippen LogP contribution < -0.4 is 5.32 Å². The summed E-state index contributed by atoms with van der Waals surface area (Å²) in [7, 11) is 0. The Balaban J connectivity index is 2.13. The first-order chi connectivity index (χ1) is 9.74. The molecule has 4 heteroatoms. The van der Waals surface area contributed by atoms with Crippen LogP contribution in [0.4, 0.5) is 11.4 Å². The van der Waals surface area contributed by atoms with E-state index in [0.29, 0.717) is 0 Å². The summed E-state index contributed by atoms with van der Waals surface area (Å²) in [6.07, 6.45) is 1.89. The largest absolute Gasteiger partial charge is 0.353 e. The second-order valence-corrected chi connectivity index (χ2v) is 5.33. The number of hydrogen-bond donors (Lipinski definition) is 1. The maximum atomic E-state index is 6.17. The molecule has 98 valence electrons. The van der Waals surface area contributed by atoms with E-state index in [0.717, 1.165) is 39.2 Å². The Morgan fingerprint density at radius 1 is 1.10 bits per heavy atom. The first-order valence-corrected chi connectivity index (χ1v) is 6.82. The number of hydrogen-bond acceptors (Lipinski definition) is 2. The molecule has 0 fully saturated rings. The van der Waals surface area contributed by atoms with Gasteiger partial charge < -0.3 is 5.32 Å². The Kier molecular flexibility index (Phi) is 2.38. The summed E-state index contributed by atoms with van der Waals surface area (Å²) < 4.78 is 2.14. The van der Waals surface area contributed by atoms with Crippen molar-refractivity contribution in [3.8, 4) is 17.1 Å². The van der Waals surface area contributed by atoms with E-state index in [9.17, 15) is 0 Å². The third kappa shape index (κ3) is 1.57. The third-order valence-electron chi connectivity index (χ3n) is 3.58. The van der Waals surface area contributed by atoms with Crippen molar-refractivity contribution in [3.63, 3.8) is 0 Å². The van der Waals surface area contributed by atoms with Crippen molar-refractivity contribution >= 4 is 23.0 Å². The van der Waals surface area contributed by atoms with E-state index in [1.165, 1.54) is 0 Å². The Morgan fingerprint density at radius 2 is 1.95 bits per heavy atom. The molecule has 0 atom stereocenters. The van der Waals surface area contributed by atoms with Gasteiger partial charge in [0.05, 0.1) is 11.4 Å². The monoisotopic (exact) mass is 281 g/mol. The molecule has 0 spiro atoms. The zero-order valence-electron chi connectivity index (χ0n) is 10.9. The van der Waals surface area contributed by atoms with Gasteiger partial charge in [-0.2, -0.15) is 0 Å². The lowest BCUT2D eigenvalue weighted by atomic mass is 10.1. The van der Waals surface area contributed by atoms with Crippen molar-refractivity contribution in [3.05, 3.63) is 59.4 Å². The van der Waals surface area contributed by atoms with Crippen LogP contribution in [0.25, 0.3) is 17.1 Å². The lowest BCUT2D eigenvalue weighted by Crippen LogP contribution is -1.99. The number of anilines is 2. The third-order valence-corrected chi connectivity index (χ3v) is 3.81. The van der Waals surface area contributed by atoms with E-state index in [2.05, 4.69) is 33.9 Å². The van der Waals surface area contributed by atoms with Gasteiger partial charge in [0.2, 0.25) is 0 Å². The van der Waals surface area contributed by atoms with E-state index < -0.39 is 0 Å². The smallest absolute Gasteiger partial charge is 0.146 e. The molecule has 0 bridgehead atoms. The van der Waals surface area contributed by atoms with Crippen LogP contribution in [-0.4, -0.2) is 9.55 Å². The minimum Gasteiger partial charge on any atom is -0.353 e. The number of aromatic nitrogens is 2. The van der Waals surface area contributed by atoms with Crippen molar-refractivity contribution in [2.45, 2.75) is 6.92 Å². The number of para-hydroxylation sites is 1. The van der Waals surface area contributed by atoms with E-state index in [1.54, 1.807) is 0 Å². The Labute approximate surface area is 121 Å². The fourth-order valence-electron chi connectivity index (χ4n) is 2.66. The van der Waals surface area contributed by atoms with E-state index in [-0.39, 0.29) is 0 Å². The number of benzene rings is 2. The van der Waals surface area contributed by atoms with Crippen molar-refractivity contribution < 1.29 is 0 Å². The lowest BCUT2D eigenvalue weighted by Gasteiger charge is -2.11. The highest BCUT2D eigenvalue weighted by Gasteiger charge is 2.20. The molecular weight excluding hydrogens is 270 g/mol. The summed E-state index contributed by atoms with van der Waals surface area (Å²) in [5.41, 5.74) is 5.29. The van der Waals surface area contributed by atoms with Crippen molar-refractivity contribution in [2.75, 3.05) is 5.32 Å². The molecule has 0 unspecified atom stereocenters. The van der Waals surface area contributed by atoms with Gasteiger partial charge in [-0.05, 0) is 37.3 Å². The van der Waals surface area contributed by atoms with Crippen LogP contribution in [0, 0.1) is 6.92 Å². The van der Waals surface area contributed by atoms with E-state index in [4.69, 9.17) is 11.6 Å². The van der Waals surface area contributed by atoms with Gasteiger partial charge in [-0.25, -0.2) is 4.98 Å². The number of fused-ring (bicyclic) bond motifs is 5. The van der Waals surface area contributed by atoms with Gasteiger partial charge in [-0.3, -0.25) is 4.57 Å². The molecule has 0 radical (unpaired) electrons. The van der Waals surface area contributed by atoms with Crippen LogP contribution in [0.2, 0.25) is 5.02 Å². The molecule has 1 aliphatic heterocycles. The van der Waals surface area contributed by atoms with Gasteiger partial charge in [0.25, 0.3) is 0 Å². The maximum absolute atomic E-state index is 6.17. The van der Waals surface area contributed by atoms with Gasteiger partial charge in [-0.1, -0.05) is 23.7 Å². The number of rotatable bonds is 0. The van der Waals surface area contributed by atoms with Gasteiger partial charge >= 0.3 is 0 Å². The summed E-state index contributed by atoms with van der Waals surface area (Å²) in [5.74, 6) is 0.937. The SMILES string of the molecule is Cc1cnc2n1-c1cc(Cl)ccc1Nc1ccccc1-2. The normalized spacial score (nSPS) is 11.9.